The van der Waals surface area contributed by atoms with Gasteiger partial charge in [0.2, 0.25) is 0 Å². The van der Waals surface area contributed by atoms with Crippen LogP contribution in [0.25, 0.3) is 0 Å². The van der Waals surface area contributed by atoms with Crippen molar-refractivity contribution in [3.63, 3.8) is 0 Å². The lowest BCUT2D eigenvalue weighted by molar-refractivity contribution is -0.200. The minimum atomic E-state index is -1.14. The number of benzene rings is 1. The van der Waals surface area contributed by atoms with Gasteiger partial charge in [-0.15, -0.1) is 0 Å². The molecule has 1 N–H and O–H groups in total. The summed E-state index contributed by atoms with van der Waals surface area (Å²) in [7, 11) is 3.07. The van der Waals surface area contributed by atoms with Crippen LogP contribution in [0, 0.1) is 5.41 Å². The number of esters is 1. The standard InChI is InChI=1S/C27H38O7/c1-24(16-25(24,2)18-8-10-19(28)11-9-18)17-32-26(23(29)31-4)14-20(30-3)22-21(15-26)33-27(34-22)12-6-5-7-13-27/h8-11,20-22,28H,5-7,12-17H2,1-4H3/t20-,21-,22+,24+,25?,26-/m1/s1. The number of aromatic hydroxyl groups is 1. The Morgan fingerprint density at radius 1 is 1.06 bits per heavy atom. The molecular formula is C27H38O7. The van der Waals surface area contributed by atoms with Crippen molar-refractivity contribution in [1.29, 1.82) is 0 Å². The van der Waals surface area contributed by atoms with Crippen molar-refractivity contribution in [3.8, 4) is 5.75 Å². The molecule has 34 heavy (non-hydrogen) atoms. The van der Waals surface area contributed by atoms with Gasteiger partial charge in [-0.05, 0) is 37.0 Å². The van der Waals surface area contributed by atoms with Crippen LogP contribution in [-0.2, 0) is 33.9 Å². The minimum absolute atomic E-state index is 0.0883. The number of fused-ring (bicyclic) bond motifs is 1. The van der Waals surface area contributed by atoms with E-state index in [0.717, 1.165) is 37.7 Å². The van der Waals surface area contributed by atoms with E-state index in [1.165, 1.54) is 13.5 Å². The molecule has 0 amide bonds. The van der Waals surface area contributed by atoms with Crippen molar-refractivity contribution >= 4 is 5.97 Å². The van der Waals surface area contributed by atoms with E-state index in [2.05, 4.69) is 13.8 Å². The lowest BCUT2D eigenvalue weighted by Gasteiger charge is -2.42. The third-order valence-electron chi connectivity index (χ3n) is 9.11. The molecule has 188 valence electrons. The fraction of sp³-hybridized carbons (Fsp3) is 0.741. The second-order valence-electron chi connectivity index (χ2n) is 11.3. The number of carbonyl (C=O) groups excluding carboxylic acids is 1. The number of hydrogen-bond acceptors (Lipinski definition) is 7. The number of carbonyl (C=O) groups is 1. The SMILES string of the molecule is COC(=O)[C@@]1(OC[C@]2(C)CC2(C)c2ccc(O)cc2)C[C@@H](OC)[C@@H]2OC3(CCCCC3)O[C@@H]2C1. The van der Waals surface area contributed by atoms with Gasteiger partial charge in [-0.25, -0.2) is 4.79 Å². The Labute approximate surface area is 202 Å². The quantitative estimate of drug-likeness (QED) is 0.618. The minimum Gasteiger partial charge on any atom is -0.508 e. The molecule has 7 heteroatoms. The molecule has 1 aromatic carbocycles. The highest BCUT2D eigenvalue weighted by atomic mass is 16.8. The van der Waals surface area contributed by atoms with Gasteiger partial charge in [0.05, 0.1) is 25.9 Å². The van der Waals surface area contributed by atoms with Crippen LogP contribution in [-0.4, -0.2) is 61.6 Å². The Bertz CT molecular complexity index is 910. The van der Waals surface area contributed by atoms with Crippen LogP contribution in [0.1, 0.15) is 70.8 Å². The molecule has 5 rings (SSSR count). The molecule has 4 fully saturated rings. The van der Waals surface area contributed by atoms with Gasteiger partial charge in [-0.2, -0.15) is 0 Å². The monoisotopic (exact) mass is 474 g/mol. The van der Waals surface area contributed by atoms with E-state index in [1.54, 1.807) is 19.2 Å². The zero-order valence-corrected chi connectivity index (χ0v) is 20.8. The van der Waals surface area contributed by atoms with Gasteiger partial charge in [0.1, 0.15) is 11.9 Å². The molecule has 0 radical (unpaired) electrons. The maximum absolute atomic E-state index is 13.2. The summed E-state index contributed by atoms with van der Waals surface area (Å²) in [6.07, 6.45) is 6.06. The first-order valence-electron chi connectivity index (χ1n) is 12.6. The molecule has 1 spiro atoms. The maximum atomic E-state index is 13.2. The summed E-state index contributed by atoms with van der Waals surface area (Å²) < 4.78 is 30.7. The van der Waals surface area contributed by atoms with E-state index in [-0.39, 0.29) is 40.9 Å². The number of methoxy groups -OCH3 is 2. The molecule has 1 aliphatic heterocycles. The molecule has 0 aromatic heterocycles. The van der Waals surface area contributed by atoms with Gasteiger partial charge in [0.15, 0.2) is 11.4 Å². The topological polar surface area (TPSA) is 83.5 Å². The van der Waals surface area contributed by atoms with E-state index in [4.69, 9.17) is 23.7 Å². The highest BCUT2D eigenvalue weighted by Crippen LogP contribution is 2.65. The summed E-state index contributed by atoms with van der Waals surface area (Å²) in [5.41, 5.74) is -0.202. The molecule has 0 bridgehead atoms. The Hall–Kier alpha value is -1.67. The Kier molecular flexibility index (Phi) is 5.99. The predicted molar refractivity (Wildman–Crippen MR) is 124 cm³/mol. The first kappa shape index (κ1) is 24.0. The molecule has 1 aromatic rings. The Morgan fingerprint density at radius 3 is 2.41 bits per heavy atom. The molecule has 1 unspecified atom stereocenters. The van der Waals surface area contributed by atoms with Crippen LogP contribution < -0.4 is 0 Å². The third kappa shape index (κ3) is 3.85. The van der Waals surface area contributed by atoms with E-state index < -0.39 is 11.4 Å². The molecule has 3 saturated carbocycles. The van der Waals surface area contributed by atoms with Crippen molar-refractivity contribution < 1.29 is 33.6 Å². The second-order valence-corrected chi connectivity index (χ2v) is 11.3. The number of rotatable bonds is 6. The first-order valence-corrected chi connectivity index (χ1v) is 12.6. The number of hydrogen-bond donors (Lipinski definition) is 1. The van der Waals surface area contributed by atoms with Crippen molar-refractivity contribution in [2.45, 2.75) is 100 Å². The van der Waals surface area contributed by atoms with Gasteiger partial charge >= 0.3 is 5.97 Å². The predicted octanol–water partition coefficient (Wildman–Crippen LogP) is 4.24. The highest BCUT2D eigenvalue weighted by Gasteiger charge is 2.65. The summed E-state index contributed by atoms with van der Waals surface area (Å²) in [5.74, 6) is -0.680. The van der Waals surface area contributed by atoms with Crippen LogP contribution in [0.3, 0.4) is 0 Å². The Balaban J connectivity index is 1.35. The molecule has 6 atom stereocenters. The smallest absolute Gasteiger partial charge is 0.338 e. The van der Waals surface area contributed by atoms with Crippen molar-refractivity contribution in [3.05, 3.63) is 29.8 Å². The van der Waals surface area contributed by atoms with Gasteiger partial charge in [-0.3, -0.25) is 0 Å². The summed E-state index contributed by atoms with van der Waals surface area (Å²) in [6.45, 7) is 4.82. The van der Waals surface area contributed by atoms with E-state index >= 15 is 0 Å². The highest BCUT2D eigenvalue weighted by molar-refractivity contribution is 5.80. The average Bonchev–Trinajstić information content (AvgIpc) is 3.23. The average molecular weight is 475 g/mol. The zero-order valence-electron chi connectivity index (χ0n) is 20.8. The number of phenolic OH excluding ortho intramolecular Hbond substituents is 1. The van der Waals surface area contributed by atoms with Crippen LogP contribution in [0.5, 0.6) is 5.75 Å². The molecule has 7 nitrogen and oxygen atoms in total. The normalized spacial score (nSPS) is 40.6. The summed E-state index contributed by atoms with van der Waals surface area (Å²) in [6, 6.07) is 7.38. The van der Waals surface area contributed by atoms with Gasteiger partial charge in [-0.1, -0.05) is 32.4 Å². The fourth-order valence-electron chi connectivity index (χ4n) is 6.61. The largest absolute Gasteiger partial charge is 0.508 e. The molecular weight excluding hydrogens is 436 g/mol. The lowest BCUT2D eigenvalue weighted by atomic mass is 9.79. The molecule has 4 aliphatic rings. The van der Waals surface area contributed by atoms with Crippen molar-refractivity contribution in [2.24, 2.45) is 5.41 Å². The van der Waals surface area contributed by atoms with E-state index in [0.29, 0.717) is 19.4 Å². The molecule has 1 saturated heterocycles. The summed E-state index contributed by atoms with van der Waals surface area (Å²) >= 11 is 0. The molecule has 3 aliphatic carbocycles. The Morgan fingerprint density at radius 2 is 1.76 bits per heavy atom. The maximum Gasteiger partial charge on any atom is 0.338 e. The zero-order chi connectivity index (χ0) is 24.2. The summed E-state index contributed by atoms with van der Waals surface area (Å²) in [4.78, 5) is 13.2. The van der Waals surface area contributed by atoms with Crippen LogP contribution >= 0.6 is 0 Å². The van der Waals surface area contributed by atoms with Gasteiger partial charge in [0.25, 0.3) is 0 Å². The van der Waals surface area contributed by atoms with Gasteiger partial charge < -0.3 is 28.8 Å². The van der Waals surface area contributed by atoms with Crippen molar-refractivity contribution in [1.82, 2.24) is 0 Å². The van der Waals surface area contributed by atoms with Crippen LogP contribution in [0.2, 0.25) is 0 Å². The summed E-state index contributed by atoms with van der Waals surface area (Å²) in [5, 5.41) is 9.67. The van der Waals surface area contributed by atoms with E-state index in [1.807, 2.05) is 12.1 Å². The third-order valence-corrected chi connectivity index (χ3v) is 9.11. The van der Waals surface area contributed by atoms with E-state index in [9.17, 15) is 9.90 Å². The van der Waals surface area contributed by atoms with Crippen molar-refractivity contribution in [2.75, 3.05) is 20.8 Å². The van der Waals surface area contributed by atoms with Crippen LogP contribution in [0.15, 0.2) is 24.3 Å². The van der Waals surface area contributed by atoms with Crippen LogP contribution in [0.4, 0.5) is 0 Å². The van der Waals surface area contributed by atoms with Gasteiger partial charge in [0, 0.05) is 43.6 Å². The second kappa shape index (κ2) is 8.47. The number of ether oxygens (including phenoxy) is 5. The number of phenols is 1. The fourth-order valence-corrected chi connectivity index (χ4v) is 6.61. The lowest BCUT2D eigenvalue weighted by Crippen LogP contribution is -2.57. The molecule has 1 heterocycles. The first-order chi connectivity index (χ1) is 16.2.